The molecule has 0 aliphatic carbocycles. The molecule has 1 aliphatic heterocycles. The van der Waals surface area contributed by atoms with E-state index in [-0.39, 0.29) is 6.04 Å². The summed E-state index contributed by atoms with van der Waals surface area (Å²) in [6.07, 6.45) is 7.39. The number of benzene rings is 1. The van der Waals surface area contributed by atoms with Gasteiger partial charge in [0, 0.05) is 18.9 Å². The molecular formula is C19H23N5O. The van der Waals surface area contributed by atoms with Crippen LogP contribution >= 0.6 is 0 Å². The molecule has 3 heterocycles. The van der Waals surface area contributed by atoms with Gasteiger partial charge in [-0.25, -0.2) is 4.98 Å². The quantitative estimate of drug-likeness (QED) is 0.714. The number of piperidine rings is 1. The van der Waals surface area contributed by atoms with Crippen molar-refractivity contribution in [3.8, 4) is 0 Å². The highest BCUT2D eigenvalue weighted by molar-refractivity contribution is 5.16. The predicted molar refractivity (Wildman–Crippen MR) is 93.8 cm³/mol. The second-order valence-electron chi connectivity index (χ2n) is 6.62. The van der Waals surface area contributed by atoms with E-state index in [1.807, 2.05) is 19.2 Å². The third kappa shape index (κ3) is 3.64. The maximum atomic E-state index is 5.45. The molecule has 25 heavy (non-hydrogen) atoms. The van der Waals surface area contributed by atoms with E-state index < -0.39 is 0 Å². The van der Waals surface area contributed by atoms with Gasteiger partial charge >= 0.3 is 0 Å². The summed E-state index contributed by atoms with van der Waals surface area (Å²) in [4.78, 5) is 11.5. The van der Waals surface area contributed by atoms with Crippen LogP contribution in [0.1, 0.15) is 48.4 Å². The van der Waals surface area contributed by atoms with E-state index in [1.54, 1.807) is 0 Å². The van der Waals surface area contributed by atoms with Crippen LogP contribution in [-0.4, -0.2) is 31.1 Å². The number of aryl methyl sites for hydroxylation is 1. The summed E-state index contributed by atoms with van der Waals surface area (Å²) in [5.74, 6) is 2.51. The first-order valence-electron chi connectivity index (χ1n) is 8.88. The van der Waals surface area contributed by atoms with E-state index in [2.05, 4.69) is 55.1 Å². The fourth-order valence-corrected chi connectivity index (χ4v) is 3.51. The van der Waals surface area contributed by atoms with Gasteiger partial charge in [-0.3, -0.25) is 4.90 Å². The van der Waals surface area contributed by atoms with Crippen LogP contribution in [0.4, 0.5) is 0 Å². The highest BCUT2D eigenvalue weighted by Crippen LogP contribution is 2.31. The van der Waals surface area contributed by atoms with Crippen LogP contribution in [0.5, 0.6) is 0 Å². The minimum Gasteiger partial charge on any atom is -0.338 e. The molecule has 0 spiro atoms. The molecular weight excluding hydrogens is 314 g/mol. The van der Waals surface area contributed by atoms with Gasteiger partial charge in [-0.2, -0.15) is 4.98 Å². The summed E-state index contributed by atoms with van der Waals surface area (Å²) in [5, 5.41) is 3.96. The van der Waals surface area contributed by atoms with E-state index in [9.17, 15) is 0 Å². The SMILES string of the molecule is Cc1noc([C@@H]2CCCCN2Cc2nccn2Cc2ccccc2)n1. The average Bonchev–Trinajstić information content (AvgIpc) is 3.26. The lowest BCUT2D eigenvalue weighted by Crippen LogP contribution is -2.34. The summed E-state index contributed by atoms with van der Waals surface area (Å²) in [7, 11) is 0. The van der Waals surface area contributed by atoms with Gasteiger partial charge in [-0.1, -0.05) is 41.9 Å². The molecule has 130 valence electrons. The number of likely N-dealkylation sites (tertiary alicyclic amines) is 1. The molecule has 1 atom stereocenters. The number of imidazole rings is 1. The minimum absolute atomic E-state index is 0.192. The molecule has 4 rings (SSSR count). The van der Waals surface area contributed by atoms with Crippen LogP contribution < -0.4 is 0 Å². The topological polar surface area (TPSA) is 60.0 Å². The van der Waals surface area contributed by atoms with Gasteiger partial charge < -0.3 is 9.09 Å². The van der Waals surface area contributed by atoms with Crippen molar-refractivity contribution in [1.29, 1.82) is 0 Å². The Morgan fingerprint density at radius 3 is 2.84 bits per heavy atom. The van der Waals surface area contributed by atoms with Crippen LogP contribution in [0.25, 0.3) is 0 Å². The average molecular weight is 337 g/mol. The lowest BCUT2D eigenvalue weighted by molar-refractivity contribution is 0.107. The van der Waals surface area contributed by atoms with Gasteiger partial charge in [0.1, 0.15) is 5.82 Å². The normalized spacial score (nSPS) is 18.5. The van der Waals surface area contributed by atoms with Crippen LogP contribution in [-0.2, 0) is 13.1 Å². The third-order valence-electron chi connectivity index (χ3n) is 4.78. The van der Waals surface area contributed by atoms with Crippen molar-refractivity contribution in [2.24, 2.45) is 0 Å². The Morgan fingerprint density at radius 1 is 1.16 bits per heavy atom. The Balaban J connectivity index is 1.52. The first-order chi connectivity index (χ1) is 12.3. The fourth-order valence-electron chi connectivity index (χ4n) is 3.51. The van der Waals surface area contributed by atoms with E-state index >= 15 is 0 Å². The Bertz CT molecular complexity index is 810. The molecule has 0 unspecified atom stereocenters. The molecule has 0 amide bonds. The molecule has 6 heteroatoms. The van der Waals surface area contributed by atoms with Gasteiger partial charge in [0.05, 0.1) is 12.6 Å². The maximum absolute atomic E-state index is 5.45. The number of aromatic nitrogens is 4. The fraction of sp³-hybridized carbons (Fsp3) is 0.421. The Labute approximate surface area is 147 Å². The van der Waals surface area contributed by atoms with Crippen molar-refractivity contribution in [3.05, 3.63) is 65.8 Å². The molecule has 0 saturated carbocycles. The van der Waals surface area contributed by atoms with Crippen molar-refractivity contribution in [3.63, 3.8) is 0 Å². The molecule has 0 N–H and O–H groups in total. The van der Waals surface area contributed by atoms with Crippen molar-refractivity contribution >= 4 is 0 Å². The molecule has 6 nitrogen and oxygen atoms in total. The van der Waals surface area contributed by atoms with Gasteiger partial charge in [-0.15, -0.1) is 0 Å². The number of hydrogen-bond donors (Lipinski definition) is 0. The van der Waals surface area contributed by atoms with Crippen molar-refractivity contribution < 1.29 is 4.52 Å². The lowest BCUT2D eigenvalue weighted by atomic mass is 10.0. The van der Waals surface area contributed by atoms with Crippen molar-refractivity contribution in [1.82, 2.24) is 24.6 Å². The van der Waals surface area contributed by atoms with E-state index in [4.69, 9.17) is 4.52 Å². The van der Waals surface area contributed by atoms with Crippen molar-refractivity contribution in [2.45, 2.75) is 45.3 Å². The van der Waals surface area contributed by atoms with Crippen LogP contribution in [0.2, 0.25) is 0 Å². The van der Waals surface area contributed by atoms with E-state index in [0.29, 0.717) is 5.82 Å². The molecule has 0 bridgehead atoms. The zero-order valence-corrected chi connectivity index (χ0v) is 14.5. The summed E-state index contributed by atoms with van der Waals surface area (Å²) in [6, 6.07) is 10.7. The van der Waals surface area contributed by atoms with E-state index in [0.717, 1.165) is 37.8 Å². The minimum atomic E-state index is 0.192. The maximum Gasteiger partial charge on any atom is 0.243 e. The molecule has 1 fully saturated rings. The Morgan fingerprint density at radius 2 is 2.04 bits per heavy atom. The Kier molecular flexibility index (Phi) is 4.61. The van der Waals surface area contributed by atoms with Gasteiger partial charge in [0.15, 0.2) is 5.82 Å². The van der Waals surface area contributed by atoms with Gasteiger partial charge in [-0.05, 0) is 31.9 Å². The molecule has 1 saturated heterocycles. The van der Waals surface area contributed by atoms with Gasteiger partial charge in [0.25, 0.3) is 0 Å². The molecule has 2 aromatic heterocycles. The monoisotopic (exact) mass is 337 g/mol. The van der Waals surface area contributed by atoms with Crippen LogP contribution in [0.15, 0.2) is 47.2 Å². The number of hydrogen-bond acceptors (Lipinski definition) is 5. The molecule has 0 radical (unpaired) electrons. The summed E-state index contributed by atoms with van der Waals surface area (Å²) in [6.45, 7) is 4.54. The number of nitrogens with zero attached hydrogens (tertiary/aromatic N) is 5. The standard InChI is InChI=1S/C19H23N5O/c1-15-21-19(25-22-15)17-9-5-6-11-23(17)14-18-20-10-12-24(18)13-16-7-3-2-4-8-16/h2-4,7-8,10,12,17H,5-6,9,11,13-14H2,1H3/t17-/m0/s1. The van der Waals surface area contributed by atoms with Gasteiger partial charge in [0.2, 0.25) is 5.89 Å². The largest absolute Gasteiger partial charge is 0.338 e. The zero-order chi connectivity index (χ0) is 17.1. The first kappa shape index (κ1) is 16.0. The smallest absolute Gasteiger partial charge is 0.243 e. The third-order valence-corrected chi connectivity index (χ3v) is 4.78. The van der Waals surface area contributed by atoms with Crippen molar-refractivity contribution in [2.75, 3.05) is 6.54 Å². The first-order valence-corrected chi connectivity index (χ1v) is 8.88. The lowest BCUT2D eigenvalue weighted by Gasteiger charge is -2.33. The number of rotatable bonds is 5. The van der Waals surface area contributed by atoms with Crippen LogP contribution in [0, 0.1) is 6.92 Å². The highest BCUT2D eigenvalue weighted by atomic mass is 16.5. The molecule has 3 aromatic rings. The Hall–Kier alpha value is -2.47. The summed E-state index contributed by atoms with van der Waals surface area (Å²) >= 11 is 0. The molecule has 1 aliphatic rings. The molecule has 1 aromatic carbocycles. The van der Waals surface area contributed by atoms with E-state index in [1.165, 1.54) is 18.4 Å². The second-order valence-corrected chi connectivity index (χ2v) is 6.62. The highest BCUT2D eigenvalue weighted by Gasteiger charge is 2.29. The second kappa shape index (κ2) is 7.19. The zero-order valence-electron chi connectivity index (χ0n) is 14.5. The summed E-state index contributed by atoms with van der Waals surface area (Å²) < 4.78 is 7.67. The summed E-state index contributed by atoms with van der Waals surface area (Å²) in [5.41, 5.74) is 1.28. The van der Waals surface area contributed by atoms with Crippen LogP contribution in [0.3, 0.4) is 0 Å². The predicted octanol–water partition coefficient (Wildman–Crippen LogP) is 3.35.